The molecule has 20 heavy (non-hydrogen) atoms. The highest BCUT2D eigenvalue weighted by Gasteiger charge is 2.12. The number of hydrogen-bond acceptors (Lipinski definition) is 3. The minimum Gasteiger partial charge on any atom is -0.389 e. The molecule has 0 amide bonds. The van der Waals surface area contributed by atoms with Crippen LogP contribution in [0, 0.1) is 5.82 Å². The molecule has 106 valence electrons. The van der Waals surface area contributed by atoms with Crippen LogP contribution in [0.15, 0.2) is 18.2 Å². The van der Waals surface area contributed by atoms with Crippen LogP contribution in [0.1, 0.15) is 36.6 Å². The van der Waals surface area contributed by atoms with Crippen LogP contribution in [0.3, 0.4) is 0 Å². The van der Waals surface area contributed by atoms with E-state index in [0.29, 0.717) is 12.1 Å². The topological polar surface area (TPSA) is 56.7 Å². The molecule has 1 aromatic carbocycles. The molecule has 0 radical (unpaired) electrons. The zero-order valence-electron chi connectivity index (χ0n) is 11.6. The van der Waals surface area contributed by atoms with Gasteiger partial charge in [0.1, 0.15) is 16.6 Å². The molecule has 0 bridgehead atoms. The monoisotopic (exact) mass is 292 g/mol. The maximum atomic E-state index is 13.3. The van der Waals surface area contributed by atoms with E-state index >= 15 is 0 Å². The maximum absolute atomic E-state index is 13.3. The van der Waals surface area contributed by atoms with Crippen LogP contribution in [0.25, 0.3) is 0 Å². The lowest BCUT2D eigenvalue weighted by Crippen LogP contribution is -2.16. The van der Waals surface area contributed by atoms with Crippen molar-refractivity contribution in [3.05, 3.63) is 46.8 Å². The molecule has 2 N–H and O–H groups in total. The van der Waals surface area contributed by atoms with Crippen molar-refractivity contribution < 1.29 is 4.39 Å². The lowest BCUT2D eigenvalue weighted by Gasteiger charge is -2.10. The number of rotatable bonds is 5. The fourth-order valence-electron chi connectivity index (χ4n) is 2.04. The van der Waals surface area contributed by atoms with Gasteiger partial charge in [-0.25, -0.2) is 14.1 Å². The van der Waals surface area contributed by atoms with Crippen molar-refractivity contribution in [3.8, 4) is 0 Å². The van der Waals surface area contributed by atoms with E-state index in [1.165, 1.54) is 12.1 Å². The van der Waals surface area contributed by atoms with Gasteiger partial charge in [-0.15, -0.1) is 0 Å². The molecule has 0 unspecified atom stereocenters. The number of nitrogens with zero attached hydrogens (tertiary/aromatic N) is 3. The van der Waals surface area contributed by atoms with Crippen molar-refractivity contribution in [1.82, 2.24) is 14.8 Å². The summed E-state index contributed by atoms with van der Waals surface area (Å²) in [7, 11) is 0. The van der Waals surface area contributed by atoms with Gasteiger partial charge < -0.3 is 5.73 Å². The van der Waals surface area contributed by atoms with Crippen molar-refractivity contribution in [3.63, 3.8) is 0 Å². The van der Waals surface area contributed by atoms with Crippen LogP contribution in [0.4, 0.5) is 4.39 Å². The number of benzene rings is 1. The standard InChI is InChI=1S/C14H17FN4S/c1-3-12-17-13(4-2)19(18-12)8-9-5-6-10(15)7-11(9)14(16)20/h5-7H,3-4,8H2,1-2H3,(H2,16,20). The number of thiocarbonyl (C=S) groups is 1. The fourth-order valence-corrected chi connectivity index (χ4v) is 2.23. The number of halogens is 1. The quantitative estimate of drug-likeness (QED) is 0.859. The van der Waals surface area contributed by atoms with E-state index < -0.39 is 0 Å². The molecular formula is C14H17FN4S. The Bertz CT molecular complexity index is 636. The fraction of sp³-hybridized carbons (Fsp3) is 0.357. The van der Waals surface area contributed by atoms with Gasteiger partial charge in [-0.3, -0.25) is 0 Å². The Morgan fingerprint density at radius 1 is 1.35 bits per heavy atom. The molecule has 0 spiro atoms. The minimum atomic E-state index is -0.347. The molecule has 1 heterocycles. The van der Waals surface area contributed by atoms with Crippen molar-refractivity contribution in [2.75, 3.05) is 0 Å². The number of hydrogen-bond donors (Lipinski definition) is 1. The van der Waals surface area contributed by atoms with E-state index in [9.17, 15) is 4.39 Å². The van der Waals surface area contributed by atoms with E-state index in [1.54, 1.807) is 6.07 Å². The van der Waals surface area contributed by atoms with Crippen LogP contribution < -0.4 is 5.73 Å². The molecule has 0 aliphatic heterocycles. The molecule has 0 saturated heterocycles. The van der Waals surface area contributed by atoms with E-state index in [0.717, 1.165) is 30.1 Å². The predicted octanol–water partition coefficient (Wildman–Crippen LogP) is 2.22. The van der Waals surface area contributed by atoms with Crippen molar-refractivity contribution in [1.29, 1.82) is 0 Å². The van der Waals surface area contributed by atoms with Crippen molar-refractivity contribution in [2.24, 2.45) is 5.73 Å². The first-order valence-corrected chi connectivity index (χ1v) is 6.96. The average molecular weight is 292 g/mol. The SMILES string of the molecule is CCc1nc(CC)n(Cc2ccc(F)cc2C(N)=S)n1. The molecular weight excluding hydrogens is 275 g/mol. The molecule has 4 nitrogen and oxygen atoms in total. The Labute approximate surface area is 122 Å². The van der Waals surface area contributed by atoms with Gasteiger partial charge in [0.15, 0.2) is 5.82 Å². The van der Waals surface area contributed by atoms with Crippen molar-refractivity contribution in [2.45, 2.75) is 33.2 Å². The largest absolute Gasteiger partial charge is 0.389 e. The molecule has 2 rings (SSSR count). The van der Waals surface area contributed by atoms with Gasteiger partial charge in [-0.2, -0.15) is 5.10 Å². The summed E-state index contributed by atoms with van der Waals surface area (Å²) >= 11 is 4.98. The van der Waals surface area contributed by atoms with Gasteiger partial charge in [0, 0.05) is 18.4 Å². The molecule has 0 fully saturated rings. The van der Waals surface area contributed by atoms with Crippen LogP contribution in [-0.2, 0) is 19.4 Å². The van der Waals surface area contributed by atoms with Crippen LogP contribution in [0.2, 0.25) is 0 Å². The summed E-state index contributed by atoms with van der Waals surface area (Å²) in [4.78, 5) is 4.64. The highest BCUT2D eigenvalue weighted by Crippen LogP contribution is 2.14. The Hall–Kier alpha value is -1.82. The molecule has 0 aliphatic rings. The van der Waals surface area contributed by atoms with Crippen LogP contribution in [0.5, 0.6) is 0 Å². The normalized spacial score (nSPS) is 10.8. The predicted molar refractivity (Wildman–Crippen MR) is 80.2 cm³/mol. The Balaban J connectivity index is 2.39. The molecule has 6 heteroatoms. The highest BCUT2D eigenvalue weighted by molar-refractivity contribution is 7.80. The van der Waals surface area contributed by atoms with Gasteiger partial charge in [0.25, 0.3) is 0 Å². The zero-order chi connectivity index (χ0) is 14.7. The second kappa shape index (κ2) is 6.09. The third-order valence-electron chi connectivity index (χ3n) is 3.08. The molecule has 1 aromatic heterocycles. The van der Waals surface area contributed by atoms with Gasteiger partial charge in [0.05, 0.1) is 6.54 Å². The van der Waals surface area contributed by atoms with Crippen molar-refractivity contribution >= 4 is 17.2 Å². The summed E-state index contributed by atoms with van der Waals surface area (Å²) in [6.45, 7) is 4.53. The second-order valence-corrected chi connectivity index (χ2v) is 4.91. The average Bonchev–Trinajstić information content (AvgIpc) is 2.82. The zero-order valence-corrected chi connectivity index (χ0v) is 12.4. The first-order chi connectivity index (χ1) is 9.55. The van der Waals surface area contributed by atoms with E-state index in [-0.39, 0.29) is 10.8 Å². The number of aromatic nitrogens is 3. The molecule has 0 aliphatic carbocycles. The van der Waals surface area contributed by atoms with E-state index in [1.807, 2.05) is 18.5 Å². The third kappa shape index (κ3) is 3.01. The molecule has 0 saturated carbocycles. The number of aryl methyl sites for hydroxylation is 2. The summed E-state index contributed by atoms with van der Waals surface area (Å²) in [5, 5.41) is 4.45. The highest BCUT2D eigenvalue weighted by atomic mass is 32.1. The summed E-state index contributed by atoms with van der Waals surface area (Å²) in [5.41, 5.74) is 7.06. The first kappa shape index (κ1) is 14.6. The Morgan fingerprint density at radius 2 is 2.10 bits per heavy atom. The smallest absolute Gasteiger partial charge is 0.150 e. The summed E-state index contributed by atoms with van der Waals surface area (Å²) in [6.07, 6.45) is 1.57. The lowest BCUT2D eigenvalue weighted by molar-refractivity contribution is 0.618. The van der Waals surface area contributed by atoms with Gasteiger partial charge in [-0.1, -0.05) is 32.1 Å². The van der Waals surface area contributed by atoms with Crippen LogP contribution in [-0.4, -0.2) is 19.8 Å². The Kier molecular flexibility index (Phi) is 4.44. The summed E-state index contributed by atoms with van der Waals surface area (Å²) in [6, 6.07) is 4.46. The minimum absolute atomic E-state index is 0.188. The third-order valence-corrected chi connectivity index (χ3v) is 3.30. The van der Waals surface area contributed by atoms with E-state index in [2.05, 4.69) is 10.1 Å². The maximum Gasteiger partial charge on any atom is 0.150 e. The van der Waals surface area contributed by atoms with E-state index in [4.69, 9.17) is 18.0 Å². The molecule has 0 atom stereocenters. The van der Waals surface area contributed by atoms with Gasteiger partial charge in [-0.05, 0) is 17.7 Å². The first-order valence-electron chi connectivity index (χ1n) is 6.56. The lowest BCUT2D eigenvalue weighted by atomic mass is 10.1. The summed E-state index contributed by atoms with van der Waals surface area (Å²) < 4.78 is 15.1. The van der Waals surface area contributed by atoms with Crippen LogP contribution >= 0.6 is 12.2 Å². The summed E-state index contributed by atoms with van der Waals surface area (Å²) in [5.74, 6) is 1.36. The van der Waals surface area contributed by atoms with Gasteiger partial charge in [0.2, 0.25) is 0 Å². The number of nitrogens with two attached hydrogens (primary N) is 1. The second-order valence-electron chi connectivity index (χ2n) is 4.47. The Morgan fingerprint density at radius 3 is 2.70 bits per heavy atom. The molecule has 2 aromatic rings. The van der Waals surface area contributed by atoms with Gasteiger partial charge >= 0.3 is 0 Å².